The highest BCUT2D eigenvalue weighted by Gasteiger charge is 2.45. The molecule has 0 saturated carbocycles. The second-order valence-electron chi connectivity index (χ2n) is 7.16. The van der Waals surface area contributed by atoms with Crippen LogP contribution in [0.4, 0.5) is 0 Å². The van der Waals surface area contributed by atoms with Crippen molar-refractivity contribution in [2.24, 2.45) is 0 Å². The summed E-state index contributed by atoms with van der Waals surface area (Å²) in [6.07, 6.45) is 0. The monoisotopic (exact) mass is 408 g/mol. The first kappa shape index (κ1) is 21.6. The molecule has 1 aliphatic rings. The third kappa shape index (κ3) is 4.24. The van der Waals surface area contributed by atoms with Crippen LogP contribution in [0.5, 0.6) is 5.75 Å². The van der Waals surface area contributed by atoms with Crippen LogP contribution < -0.4 is 4.74 Å². The minimum absolute atomic E-state index is 0.121. The van der Waals surface area contributed by atoms with Crippen LogP contribution in [0, 0.1) is 0 Å². The van der Waals surface area contributed by atoms with Crippen LogP contribution in [0.3, 0.4) is 0 Å². The number of hydrogen-bond acceptors (Lipinski definition) is 5. The number of ketones is 1. The maximum absolute atomic E-state index is 13.0. The molecule has 30 heavy (non-hydrogen) atoms. The average Bonchev–Trinajstić information content (AvgIpc) is 3.05. The molecule has 1 aliphatic heterocycles. The van der Waals surface area contributed by atoms with Gasteiger partial charge in [0.05, 0.1) is 18.7 Å². The van der Waals surface area contributed by atoms with Gasteiger partial charge in [-0.25, -0.2) is 0 Å². The molecule has 0 radical (unpaired) electrons. The number of carbonyl (C=O) groups is 2. The summed E-state index contributed by atoms with van der Waals surface area (Å²) in [6.45, 7) is 6.92. The third-order valence-electron chi connectivity index (χ3n) is 5.57. The van der Waals surface area contributed by atoms with Gasteiger partial charge in [-0.15, -0.1) is 0 Å². The molecule has 1 N–H and O–H groups in total. The number of amides is 1. The molecule has 1 atom stereocenters. The second-order valence-corrected chi connectivity index (χ2v) is 7.16. The van der Waals surface area contributed by atoms with E-state index in [1.54, 1.807) is 36.3 Å². The van der Waals surface area contributed by atoms with Gasteiger partial charge < -0.3 is 19.6 Å². The van der Waals surface area contributed by atoms with Crippen LogP contribution >= 0.6 is 0 Å². The molecule has 3 rings (SSSR count). The average molecular weight is 408 g/mol. The molecular weight excluding hydrogens is 380 g/mol. The van der Waals surface area contributed by atoms with E-state index in [2.05, 4.69) is 18.7 Å². The topological polar surface area (TPSA) is 70.1 Å². The van der Waals surface area contributed by atoms with Gasteiger partial charge in [-0.2, -0.15) is 0 Å². The molecule has 6 heteroatoms. The minimum atomic E-state index is -0.656. The third-order valence-corrected chi connectivity index (χ3v) is 5.57. The largest absolute Gasteiger partial charge is 0.507 e. The predicted octanol–water partition coefficient (Wildman–Crippen LogP) is 3.46. The number of methoxy groups -OCH3 is 1. The standard InChI is InChI=1S/C24H28N2O4/c1-4-25(5-2)15-16-26-21(17-9-7-6-8-10-17)20(23(28)24(26)29)22(27)18-11-13-19(30-3)14-12-18/h6-14,21,27H,4-5,15-16H2,1-3H3/b22-20+/t21-/m0/s1. The molecule has 158 valence electrons. The Labute approximate surface area is 177 Å². The molecule has 0 unspecified atom stereocenters. The van der Waals surface area contributed by atoms with Gasteiger partial charge in [-0.05, 0) is 42.9 Å². The van der Waals surface area contributed by atoms with Crippen LogP contribution in [0.1, 0.15) is 31.0 Å². The fourth-order valence-corrected chi connectivity index (χ4v) is 3.79. The molecule has 0 aliphatic carbocycles. The Hall–Kier alpha value is -3.12. The number of hydrogen-bond donors (Lipinski definition) is 1. The van der Waals surface area contributed by atoms with Gasteiger partial charge in [0, 0.05) is 18.7 Å². The first-order valence-electron chi connectivity index (χ1n) is 10.2. The first-order valence-corrected chi connectivity index (χ1v) is 10.2. The van der Waals surface area contributed by atoms with Crippen molar-refractivity contribution in [3.05, 3.63) is 71.3 Å². The van der Waals surface area contributed by atoms with Crippen molar-refractivity contribution in [1.82, 2.24) is 9.80 Å². The SMILES string of the molecule is CCN(CC)CCN1C(=O)C(=O)/C(=C(/O)c2ccc(OC)cc2)[C@@H]1c1ccccc1. The van der Waals surface area contributed by atoms with E-state index in [0.717, 1.165) is 18.7 Å². The highest BCUT2D eigenvalue weighted by molar-refractivity contribution is 6.46. The lowest BCUT2D eigenvalue weighted by molar-refractivity contribution is -0.140. The number of carbonyl (C=O) groups excluding carboxylic acids is 2. The lowest BCUT2D eigenvalue weighted by atomic mass is 9.95. The second kappa shape index (κ2) is 9.59. The highest BCUT2D eigenvalue weighted by atomic mass is 16.5. The molecule has 1 saturated heterocycles. The number of likely N-dealkylation sites (tertiary alicyclic amines) is 1. The van der Waals surface area contributed by atoms with Crippen LogP contribution in [-0.2, 0) is 9.59 Å². The van der Waals surface area contributed by atoms with Crippen molar-refractivity contribution in [2.75, 3.05) is 33.3 Å². The fourth-order valence-electron chi connectivity index (χ4n) is 3.79. The van der Waals surface area contributed by atoms with Gasteiger partial charge in [-0.3, -0.25) is 9.59 Å². The lowest BCUT2D eigenvalue weighted by Gasteiger charge is -2.28. The summed E-state index contributed by atoms with van der Waals surface area (Å²) in [6, 6.07) is 15.5. The molecular formula is C24H28N2O4. The number of nitrogens with zero attached hydrogens (tertiary/aromatic N) is 2. The molecule has 1 amide bonds. The summed E-state index contributed by atoms with van der Waals surface area (Å²) in [7, 11) is 1.56. The predicted molar refractivity (Wildman–Crippen MR) is 116 cm³/mol. The van der Waals surface area contributed by atoms with Gasteiger partial charge in [0.1, 0.15) is 11.5 Å². The van der Waals surface area contributed by atoms with E-state index in [4.69, 9.17) is 4.74 Å². The van der Waals surface area contributed by atoms with Crippen LogP contribution in [0.2, 0.25) is 0 Å². The van der Waals surface area contributed by atoms with Gasteiger partial charge in [0.2, 0.25) is 0 Å². The number of likely N-dealkylation sites (N-methyl/N-ethyl adjacent to an activating group) is 1. The normalized spacial score (nSPS) is 18.3. The van der Waals surface area contributed by atoms with E-state index in [-0.39, 0.29) is 11.3 Å². The van der Waals surface area contributed by atoms with Crippen molar-refractivity contribution in [3.63, 3.8) is 0 Å². The quantitative estimate of drug-likeness (QED) is 0.412. The van der Waals surface area contributed by atoms with Crippen molar-refractivity contribution >= 4 is 17.4 Å². The van der Waals surface area contributed by atoms with E-state index in [1.165, 1.54) is 0 Å². The zero-order valence-electron chi connectivity index (χ0n) is 17.7. The number of benzene rings is 2. The lowest BCUT2D eigenvalue weighted by Crippen LogP contribution is -2.38. The molecule has 1 fully saturated rings. The zero-order chi connectivity index (χ0) is 21.7. The Morgan fingerprint density at radius 1 is 1.03 bits per heavy atom. The van der Waals surface area contributed by atoms with Crippen LogP contribution in [0.25, 0.3) is 5.76 Å². The van der Waals surface area contributed by atoms with Crippen molar-refractivity contribution in [2.45, 2.75) is 19.9 Å². The number of ether oxygens (including phenoxy) is 1. The fraction of sp³-hybridized carbons (Fsp3) is 0.333. The molecule has 2 aromatic rings. The summed E-state index contributed by atoms with van der Waals surface area (Å²) in [4.78, 5) is 29.7. The highest BCUT2D eigenvalue weighted by Crippen LogP contribution is 2.39. The van der Waals surface area contributed by atoms with E-state index < -0.39 is 17.7 Å². The van der Waals surface area contributed by atoms with Crippen molar-refractivity contribution < 1.29 is 19.4 Å². The van der Waals surface area contributed by atoms with E-state index in [1.807, 2.05) is 30.3 Å². The summed E-state index contributed by atoms with van der Waals surface area (Å²) < 4.78 is 5.16. The first-order chi connectivity index (χ1) is 14.5. The van der Waals surface area contributed by atoms with Crippen LogP contribution in [-0.4, -0.2) is 59.9 Å². The Bertz CT molecular complexity index is 918. The minimum Gasteiger partial charge on any atom is -0.507 e. The van der Waals surface area contributed by atoms with Crippen molar-refractivity contribution in [3.8, 4) is 5.75 Å². The van der Waals surface area contributed by atoms with Gasteiger partial charge in [0.25, 0.3) is 11.7 Å². The molecule has 0 aromatic heterocycles. The number of aliphatic hydroxyl groups is 1. The van der Waals surface area contributed by atoms with Gasteiger partial charge in [-0.1, -0.05) is 44.2 Å². The van der Waals surface area contributed by atoms with Crippen molar-refractivity contribution in [1.29, 1.82) is 0 Å². The summed E-state index contributed by atoms with van der Waals surface area (Å²) in [5.74, 6) is -0.760. The maximum atomic E-state index is 13.0. The molecule has 0 bridgehead atoms. The summed E-state index contributed by atoms with van der Waals surface area (Å²) in [5.41, 5.74) is 1.39. The van der Waals surface area contributed by atoms with E-state index in [9.17, 15) is 14.7 Å². The van der Waals surface area contributed by atoms with E-state index >= 15 is 0 Å². The Morgan fingerprint density at radius 3 is 2.23 bits per heavy atom. The van der Waals surface area contributed by atoms with Crippen LogP contribution in [0.15, 0.2) is 60.2 Å². The summed E-state index contributed by atoms with van der Waals surface area (Å²) >= 11 is 0. The van der Waals surface area contributed by atoms with Gasteiger partial charge in [0.15, 0.2) is 0 Å². The number of Topliss-reactive ketones (excluding diaryl/α,β-unsaturated/α-hetero) is 1. The molecule has 0 spiro atoms. The molecule has 1 heterocycles. The Balaban J connectivity index is 2.05. The van der Waals surface area contributed by atoms with E-state index in [0.29, 0.717) is 24.4 Å². The molecule has 6 nitrogen and oxygen atoms in total. The number of rotatable bonds is 8. The zero-order valence-corrected chi connectivity index (χ0v) is 17.7. The molecule has 2 aromatic carbocycles. The maximum Gasteiger partial charge on any atom is 0.295 e. The van der Waals surface area contributed by atoms with Gasteiger partial charge >= 0.3 is 0 Å². The smallest absolute Gasteiger partial charge is 0.295 e. The Kier molecular flexibility index (Phi) is 6.90. The Morgan fingerprint density at radius 2 is 1.67 bits per heavy atom. The number of aliphatic hydroxyl groups excluding tert-OH is 1. The summed E-state index contributed by atoms with van der Waals surface area (Å²) in [5, 5.41) is 11.0.